The lowest BCUT2D eigenvalue weighted by molar-refractivity contribution is 0.470. The molecule has 2 nitrogen and oxygen atoms in total. The lowest BCUT2D eigenvalue weighted by Gasteiger charge is -2.23. The Morgan fingerprint density at radius 2 is 1.71 bits per heavy atom. The Labute approximate surface area is 101 Å². The maximum absolute atomic E-state index is 5.87. The minimum absolute atomic E-state index is 0.447. The monoisotopic (exact) mass is 224 g/mol. The second-order valence-corrected chi connectivity index (χ2v) is 4.53. The highest BCUT2D eigenvalue weighted by atomic mass is 16.5. The summed E-state index contributed by atoms with van der Waals surface area (Å²) < 4.78 is 5.87. The van der Waals surface area contributed by atoms with Crippen LogP contribution in [0.2, 0.25) is 0 Å². The van der Waals surface area contributed by atoms with E-state index >= 15 is 0 Å². The fraction of sp³-hybridized carbons (Fsp3) is 0.200. The van der Waals surface area contributed by atoms with Crippen molar-refractivity contribution in [1.29, 1.82) is 0 Å². The first-order chi connectivity index (χ1) is 8.25. The summed E-state index contributed by atoms with van der Waals surface area (Å²) in [5.74, 6) is 2.14. The van der Waals surface area contributed by atoms with Gasteiger partial charge in [-0.3, -0.25) is 0 Å². The molecule has 0 N–H and O–H groups in total. The van der Waals surface area contributed by atoms with Crippen LogP contribution in [0, 0.1) is 0 Å². The van der Waals surface area contributed by atoms with Crippen molar-refractivity contribution in [3.8, 4) is 11.5 Å². The van der Waals surface area contributed by atoms with E-state index in [1.54, 1.807) is 0 Å². The van der Waals surface area contributed by atoms with E-state index in [0.717, 1.165) is 22.9 Å². The van der Waals surface area contributed by atoms with Crippen LogP contribution in [0.3, 0.4) is 0 Å². The Morgan fingerprint density at radius 3 is 2.53 bits per heavy atom. The van der Waals surface area contributed by atoms with Gasteiger partial charge in [-0.2, -0.15) is 0 Å². The van der Waals surface area contributed by atoms with Crippen LogP contribution in [0.1, 0.15) is 25.3 Å². The molecular weight excluding hydrogens is 210 g/mol. The summed E-state index contributed by atoms with van der Waals surface area (Å²) in [6, 6.07) is 14.0. The molecule has 1 aliphatic rings. The highest BCUT2D eigenvalue weighted by molar-refractivity contribution is 5.70. The zero-order valence-corrected chi connectivity index (χ0v) is 9.97. The molecule has 0 bridgehead atoms. The number of fused-ring (bicyclic) bond motifs is 2. The van der Waals surface area contributed by atoms with Crippen LogP contribution >= 0.6 is 0 Å². The van der Waals surface area contributed by atoms with Gasteiger partial charge in [-0.25, -0.2) is 5.32 Å². The summed E-state index contributed by atoms with van der Waals surface area (Å²) in [7, 11) is 0. The number of rotatable bonds is 1. The summed E-state index contributed by atoms with van der Waals surface area (Å²) in [6.07, 6.45) is 0. The molecule has 0 amide bonds. The Hall–Kier alpha value is -1.96. The van der Waals surface area contributed by atoms with Crippen LogP contribution < -0.4 is 10.1 Å². The van der Waals surface area contributed by atoms with Gasteiger partial charge in [0.05, 0.1) is 0 Å². The number of ether oxygens (including phenoxy) is 1. The molecule has 2 aromatic rings. The van der Waals surface area contributed by atoms with E-state index in [9.17, 15) is 0 Å². The van der Waals surface area contributed by atoms with Crippen molar-refractivity contribution in [2.24, 2.45) is 0 Å². The van der Waals surface area contributed by atoms with Crippen molar-refractivity contribution in [2.45, 2.75) is 19.8 Å². The average molecular weight is 224 g/mol. The summed E-state index contributed by atoms with van der Waals surface area (Å²) in [5.41, 5.74) is 3.12. The number of hydrogen-bond donors (Lipinski definition) is 0. The highest BCUT2D eigenvalue weighted by Gasteiger charge is 2.21. The Bertz CT molecular complexity index is 561. The van der Waals surface area contributed by atoms with Crippen molar-refractivity contribution >= 4 is 11.4 Å². The first-order valence-electron chi connectivity index (χ1n) is 5.87. The molecule has 85 valence electrons. The molecule has 2 heteroatoms. The maximum atomic E-state index is 5.87. The summed E-state index contributed by atoms with van der Waals surface area (Å²) in [6.45, 7) is 4.34. The Morgan fingerprint density at radius 1 is 0.941 bits per heavy atom. The predicted molar refractivity (Wildman–Crippen MR) is 68.5 cm³/mol. The van der Waals surface area contributed by atoms with Gasteiger partial charge in [0, 0.05) is 0 Å². The largest absolute Gasteiger partial charge is 0.453 e. The highest BCUT2D eigenvalue weighted by Crippen LogP contribution is 2.45. The third kappa shape index (κ3) is 1.66. The number of para-hydroxylation sites is 3. The molecular formula is C15H14NO. The summed E-state index contributed by atoms with van der Waals surface area (Å²) in [4.78, 5) is 0. The average Bonchev–Trinajstić information content (AvgIpc) is 2.35. The van der Waals surface area contributed by atoms with Crippen LogP contribution in [-0.2, 0) is 0 Å². The van der Waals surface area contributed by atoms with Gasteiger partial charge in [0.2, 0.25) is 0 Å². The van der Waals surface area contributed by atoms with Crippen LogP contribution in [0.15, 0.2) is 42.5 Å². The molecule has 0 spiro atoms. The van der Waals surface area contributed by atoms with E-state index in [2.05, 4.69) is 19.9 Å². The fourth-order valence-corrected chi connectivity index (χ4v) is 2.08. The molecule has 17 heavy (non-hydrogen) atoms. The minimum atomic E-state index is 0.447. The van der Waals surface area contributed by atoms with Gasteiger partial charge in [0.15, 0.2) is 11.5 Å². The third-order valence-electron chi connectivity index (χ3n) is 2.97. The molecule has 1 radical (unpaired) electrons. The standard InChI is InChI=1S/C15H14NO/c1-10(2)11-6-5-9-14-15(11)16-12-7-3-4-8-13(12)17-14/h3-10H,1-2H3. The number of benzene rings is 2. The molecule has 1 heterocycles. The van der Waals surface area contributed by atoms with Gasteiger partial charge in [-0.15, -0.1) is 0 Å². The van der Waals surface area contributed by atoms with Crippen molar-refractivity contribution in [2.75, 3.05) is 0 Å². The van der Waals surface area contributed by atoms with Gasteiger partial charge in [-0.05, 0) is 29.7 Å². The molecule has 3 rings (SSSR count). The number of hydrogen-bond acceptors (Lipinski definition) is 1. The van der Waals surface area contributed by atoms with Gasteiger partial charge < -0.3 is 4.74 Å². The maximum Gasteiger partial charge on any atom is 0.153 e. The molecule has 2 aromatic carbocycles. The lowest BCUT2D eigenvalue weighted by Crippen LogP contribution is -2.05. The van der Waals surface area contributed by atoms with E-state index in [1.807, 2.05) is 36.4 Å². The molecule has 0 saturated heterocycles. The van der Waals surface area contributed by atoms with E-state index in [4.69, 9.17) is 10.1 Å². The van der Waals surface area contributed by atoms with Crippen molar-refractivity contribution in [1.82, 2.24) is 5.32 Å². The first-order valence-corrected chi connectivity index (χ1v) is 5.87. The quantitative estimate of drug-likeness (QED) is 0.597. The Balaban J connectivity index is 2.12. The summed E-state index contributed by atoms with van der Waals surface area (Å²) in [5, 5.41) is 4.71. The van der Waals surface area contributed by atoms with Crippen LogP contribution in [0.25, 0.3) is 0 Å². The topological polar surface area (TPSA) is 23.3 Å². The third-order valence-corrected chi connectivity index (χ3v) is 2.97. The molecule has 0 aliphatic carbocycles. The van der Waals surface area contributed by atoms with Gasteiger partial charge in [0.1, 0.15) is 11.4 Å². The van der Waals surface area contributed by atoms with E-state index in [1.165, 1.54) is 5.56 Å². The van der Waals surface area contributed by atoms with Gasteiger partial charge >= 0.3 is 0 Å². The smallest absolute Gasteiger partial charge is 0.153 e. The SMILES string of the molecule is CC(C)c1cccc2c1[N]c1ccccc1O2. The lowest BCUT2D eigenvalue weighted by atomic mass is 9.99. The van der Waals surface area contributed by atoms with Crippen molar-refractivity contribution in [3.05, 3.63) is 48.0 Å². The normalized spacial score (nSPS) is 12.4. The van der Waals surface area contributed by atoms with Crippen molar-refractivity contribution < 1.29 is 4.74 Å². The minimum Gasteiger partial charge on any atom is -0.453 e. The fourth-order valence-electron chi connectivity index (χ4n) is 2.08. The van der Waals surface area contributed by atoms with Crippen LogP contribution in [-0.4, -0.2) is 0 Å². The Kier molecular flexibility index (Phi) is 2.29. The molecule has 0 unspecified atom stereocenters. The van der Waals surface area contributed by atoms with Crippen LogP contribution in [0.4, 0.5) is 11.4 Å². The van der Waals surface area contributed by atoms with E-state index < -0.39 is 0 Å². The molecule has 0 aromatic heterocycles. The molecule has 0 saturated carbocycles. The number of nitrogens with zero attached hydrogens (tertiary/aromatic N) is 1. The predicted octanol–water partition coefficient (Wildman–Crippen LogP) is 4.48. The van der Waals surface area contributed by atoms with E-state index in [0.29, 0.717) is 5.92 Å². The summed E-state index contributed by atoms with van der Waals surface area (Å²) >= 11 is 0. The van der Waals surface area contributed by atoms with Crippen molar-refractivity contribution in [3.63, 3.8) is 0 Å². The zero-order chi connectivity index (χ0) is 11.8. The van der Waals surface area contributed by atoms with Crippen LogP contribution in [0.5, 0.6) is 11.5 Å². The molecule has 0 atom stereocenters. The van der Waals surface area contributed by atoms with Gasteiger partial charge in [0.25, 0.3) is 0 Å². The first kappa shape index (κ1) is 10.2. The second kappa shape index (κ2) is 3.81. The molecule has 1 aliphatic heterocycles. The van der Waals surface area contributed by atoms with Gasteiger partial charge in [-0.1, -0.05) is 38.1 Å². The zero-order valence-electron chi connectivity index (χ0n) is 9.97. The molecule has 0 fully saturated rings. The second-order valence-electron chi connectivity index (χ2n) is 4.53. The van der Waals surface area contributed by atoms with E-state index in [-0.39, 0.29) is 0 Å².